The van der Waals surface area contributed by atoms with Crippen molar-refractivity contribution >= 4 is 33.0 Å². The van der Waals surface area contributed by atoms with Crippen molar-refractivity contribution in [2.24, 2.45) is 0 Å². The number of nitro benzene ring substituents is 1. The summed E-state index contributed by atoms with van der Waals surface area (Å²) in [5, 5.41) is 20.1. The summed E-state index contributed by atoms with van der Waals surface area (Å²) >= 11 is 5.71. The van der Waals surface area contributed by atoms with Crippen LogP contribution in [0.1, 0.15) is 5.56 Å². The monoisotopic (exact) mass is 342 g/mol. The third kappa shape index (κ3) is 3.29. The first-order valence-electron chi connectivity index (χ1n) is 5.97. The Labute approximate surface area is 131 Å². The second kappa shape index (κ2) is 5.82. The number of nitro groups is 1. The topological polar surface area (TPSA) is 110 Å². The first-order valence-corrected chi connectivity index (χ1v) is 7.83. The van der Waals surface area contributed by atoms with Crippen molar-refractivity contribution in [1.29, 1.82) is 0 Å². The van der Waals surface area contributed by atoms with Crippen molar-refractivity contribution in [3.63, 3.8) is 0 Å². The molecule has 0 aliphatic heterocycles. The molecule has 0 spiro atoms. The average molecular weight is 343 g/mol. The maximum absolute atomic E-state index is 12.4. The number of benzene rings is 2. The Kier molecular flexibility index (Phi) is 4.25. The normalized spacial score (nSPS) is 11.2. The lowest BCUT2D eigenvalue weighted by molar-refractivity contribution is -0.385. The zero-order chi connectivity index (χ0) is 16.5. The van der Waals surface area contributed by atoms with Crippen LogP contribution in [0.5, 0.6) is 5.75 Å². The van der Waals surface area contributed by atoms with Crippen molar-refractivity contribution < 1.29 is 18.4 Å². The molecule has 0 aliphatic carbocycles. The number of phenols is 1. The van der Waals surface area contributed by atoms with Crippen LogP contribution < -0.4 is 4.72 Å². The fourth-order valence-electron chi connectivity index (χ4n) is 1.77. The minimum Gasteiger partial charge on any atom is -0.506 e. The highest BCUT2D eigenvalue weighted by molar-refractivity contribution is 7.92. The van der Waals surface area contributed by atoms with Crippen LogP contribution >= 0.6 is 11.6 Å². The van der Waals surface area contributed by atoms with Crippen LogP contribution in [0.4, 0.5) is 11.4 Å². The molecule has 0 aromatic heterocycles. The van der Waals surface area contributed by atoms with E-state index in [1.54, 1.807) is 0 Å². The van der Waals surface area contributed by atoms with Crippen molar-refractivity contribution in [3.8, 4) is 5.75 Å². The lowest BCUT2D eigenvalue weighted by atomic mass is 10.2. The molecule has 22 heavy (non-hydrogen) atoms. The third-order valence-electron chi connectivity index (χ3n) is 2.87. The Morgan fingerprint density at radius 3 is 2.50 bits per heavy atom. The van der Waals surface area contributed by atoms with E-state index < -0.39 is 14.9 Å². The molecule has 0 bridgehead atoms. The van der Waals surface area contributed by atoms with Gasteiger partial charge in [-0.2, -0.15) is 0 Å². The van der Waals surface area contributed by atoms with Crippen LogP contribution in [-0.2, 0) is 10.0 Å². The average Bonchev–Trinajstić information content (AvgIpc) is 2.42. The van der Waals surface area contributed by atoms with Crippen LogP contribution in [0.2, 0.25) is 5.02 Å². The van der Waals surface area contributed by atoms with Gasteiger partial charge in [-0.05, 0) is 30.7 Å². The van der Waals surface area contributed by atoms with Gasteiger partial charge in [-0.15, -0.1) is 0 Å². The number of hydrogen-bond donors (Lipinski definition) is 2. The molecule has 2 aromatic rings. The van der Waals surface area contributed by atoms with Crippen molar-refractivity contribution in [2.75, 3.05) is 4.72 Å². The number of halogens is 1. The number of non-ortho nitro benzene ring substituents is 1. The Balaban J connectivity index is 2.44. The van der Waals surface area contributed by atoms with Gasteiger partial charge in [0.05, 0.1) is 20.5 Å². The quantitative estimate of drug-likeness (QED) is 0.504. The number of phenolic OH excluding ortho intramolecular Hbond substituents is 1. The summed E-state index contributed by atoms with van der Waals surface area (Å²) in [5.41, 5.74) is 0.173. The molecule has 0 heterocycles. The molecular weight excluding hydrogens is 332 g/mol. The van der Waals surface area contributed by atoms with Crippen LogP contribution in [0.25, 0.3) is 0 Å². The smallest absolute Gasteiger partial charge is 0.270 e. The maximum atomic E-state index is 12.4. The van der Waals surface area contributed by atoms with E-state index in [0.29, 0.717) is 5.56 Å². The van der Waals surface area contributed by atoms with Crippen molar-refractivity contribution in [2.45, 2.75) is 11.8 Å². The number of nitrogens with zero attached hydrogens (tertiary/aromatic N) is 1. The van der Waals surface area contributed by atoms with Crippen molar-refractivity contribution in [1.82, 2.24) is 0 Å². The van der Waals surface area contributed by atoms with Gasteiger partial charge in [0.15, 0.2) is 0 Å². The number of sulfonamides is 1. The standard InChI is InChI=1S/C13H11ClN2O5S/c1-8-2-4-10(16(18)19)7-13(8)22(20,21)15-9-3-5-12(17)11(14)6-9/h2-7,15,17H,1H3. The predicted octanol–water partition coefficient (Wildman–Crippen LogP) is 3.06. The molecule has 0 atom stereocenters. The van der Waals surface area contributed by atoms with Crippen LogP contribution in [0, 0.1) is 17.0 Å². The van der Waals surface area contributed by atoms with Gasteiger partial charge in [-0.1, -0.05) is 17.7 Å². The zero-order valence-electron chi connectivity index (χ0n) is 11.3. The summed E-state index contributed by atoms with van der Waals surface area (Å²) in [7, 11) is -4.02. The first-order chi connectivity index (χ1) is 10.2. The van der Waals surface area contributed by atoms with E-state index in [4.69, 9.17) is 11.6 Å². The molecule has 2 aromatic carbocycles. The van der Waals surface area contributed by atoms with Gasteiger partial charge in [0.1, 0.15) is 5.75 Å². The highest BCUT2D eigenvalue weighted by atomic mass is 35.5. The van der Waals surface area contributed by atoms with E-state index >= 15 is 0 Å². The Morgan fingerprint density at radius 2 is 1.91 bits per heavy atom. The fourth-order valence-corrected chi connectivity index (χ4v) is 3.27. The molecule has 0 aliphatic rings. The third-order valence-corrected chi connectivity index (χ3v) is 4.70. The van der Waals surface area contributed by atoms with Crippen LogP contribution in [0.3, 0.4) is 0 Å². The van der Waals surface area contributed by atoms with Gasteiger partial charge >= 0.3 is 0 Å². The van der Waals surface area contributed by atoms with Gasteiger partial charge in [-0.3, -0.25) is 14.8 Å². The van der Waals surface area contributed by atoms with E-state index in [1.165, 1.54) is 37.3 Å². The molecule has 0 saturated carbocycles. The summed E-state index contributed by atoms with van der Waals surface area (Å²) in [4.78, 5) is 9.90. The number of aryl methyl sites for hydroxylation is 1. The van der Waals surface area contributed by atoms with E-state index in [1.807, 2.05) is 0 Å². The maximum Gasteiger partial charge on any atom is 0.270 e. The predicted molar refractivity (Wildman–Crippen MR) is 81.8 cm³/mol. The summed E-state index contributed by atoms with van der Waals surface area (Å²) in [6.45, 7) is 1.53. The number of aromatic hydroxyl groups is 1. The Bertz CT molecular complexity index is 852. The van der Waals surface area contributed by atoms with Crippen molar-refractivity contribution in [3.05, 3.63) is 57.1 Å². The molecule has 2 N–H and O–H groups in total. The number of hydrogen-bond acceptors (Lipinski definition) is 5. The first kappa shape index (κ1) is 16.1. The highest BCUT2D eigenvalue weighted by Crippen LogP contribution is 2.28. The zero-order valence-corrected chi connectivity index (χ0v) is 12.9. The van der Waals surface area contributed by atoms with Gasteiger partial charge in [-0.25, -0.2) is 8.42 Å². The fraction of sp³-hybridized carbons (Fsp3) is 0.0769. The molecule has 0 unspecified atom stereocenters. The summed E-state index contributed by atoms with van der Waals surface area (Å²) in [6, 6.07) is 7.37. The molecule has 9 heteroatoms. The van der Waals surface area contributed by atoms with Gasteiger partial charge in [0.25, 0.3) is 15.7 Å². The van der Waals surface area contributed by atoms with Gasteiger partial charge in [0.2, 0.25) is 0 Å². The molecule has 0 amide bonds. The summed E-state index contributed by atoms with van der Waals surface area (Å²) in [6.07, 6.45) is 0. The molecule has 7 nitrogen and oxygen atoms in total. The second-order valence-electron chi connectivity index (χ2n) is 4.48. The van der Waals surface area contributed by atoms with Gasteiger partial charge < -0.3 is 5.11 Å². The highest BCUT2D eigenvalue weighted by Gasteiger charge is 2.21. The van der Waals surface area contributed by atoms with E-state index in [-0.39, 0.29) is 27.0 Å². The SMILES string of the molecule is Cc1ccc([N+](=O)[O-])cc1S(=O)(=O)Nc1ccc(O)c(Cl)c1. The summed E-state index contributed by atoms with van der Waals surface area (Å²) in [5.74, 6) is -0.184. The Hall–Kier alpha value is -2.32. The molecular formula is C13H11ClN2O5S. The molecule has 116 valence electrons. The Morgan fingerprint density at radius 1 is 1.23 bits per heavy atom. The molecule has 2 rings (SSSR count). The number of nitrogens with one attached hydrogen (secondary N) is 1. The van der Waals surface area contributed by atoms with Crippen LogP contribution in [0.15, 0.2) is 41.3 Å². The lowest BCUT2D eigenvalue weighted by Crippen LogP contribution is -2.14. The van der Waals surface area contributed by atoms with E-state index in [0.717, 1.165) is 6.07 Å². The largest absolute Gasteiger partial charge is 0.506 e. The minimum absolute atomic E-state index is 0.0176. The van der Waals surface area contributed by atoms with Gasteiger partial charge in [0, 0.05) is 12.1 Å². The van der Waals surface area contributed by atoms with E-state index in [2.05, 4.69) is 4.72 Å². The minimum atomic E-state index is -4.02. The lowest BCUT2D eigenvalue weighted by Gasteiger charge is -2.11. The summed E-state index contributed by atoms with van der Waals surface area (Å²) < 4.78 is 27.0. The number of rotatable bonds is 4. The van der Waals surface area contributed by atoms with Crippen LogP contribution in [-0.4, -0.2) is 18.4 Å². The van der Waals surface area contributed by atoms with E-state index in [9.17, 15) is 23.6 Å². The molecule has 0 saturated heterocycles. The number of anilines is 1. The second-order valence-corrected chi connectivity index (χ2v) is 6.54. The molecule has 0 fully saturated rings. The molecule has 0 radical (unpaired) electrons.